The van der Waals surface area contributed by atoms with Gasteiger partial charge in [0.25, 0.3) is 0 Å². The first kappa shape index (κ1) is 22.9. The van der Waals surface area contributed by atoms with Gasteiger partial charge in [0.15, 0.2) is 11.0 Å². The van der Waals surface area contributed by atoms with Gasteiger partial charge >= 0.3 is 0 Å². The van der Waals surface area contributed by atoms with Crippen LogP contribution < -0.4 is 10.1 Å². The summed E-state index contributed by atoms with van der Waals surface area (Å²) in [5.41, 5.74) is 2.02. The van der Waals surface area contributed by atoms with E-state index in [-0.39, 0.29) is 11.7 Å². The molecule has 1 amide bonds. The van der Waals surface area contributed by atoms with E-state index in [2.05, 4.69) is 15.5 Å². The minimum Gasteiger partial charge on any atom is -0.497 e. The molecule has 33 heavy (non-hydrogen) atoms. The minimum absolute atomic E-state index is 0.0610. The van der Waals surface area contributed by atoms with E-state index in [4.69, 9.17) is 20.8 Å². The lowest BCUT2D eigenvalue weighted by Gasteiger charge is -2.09. The van der Waals surface area contributed by atoms with E-state index in [1.165, 1.54) is 11.8 Å². The zero-order valence-electron chi connectivity index (χ0n) is 18.0. The maximum atomic E-state index is 12.4. The van der Waals surface area contributed by atoms with Gasteiger partial charge in [0.1, 0.15) is 11.5 Å². The number of hydrogen-bond acceptors (Lipinski definition) is 6. The molecule has 0 aliphatic carbocycles. The third-order valence-electron chi connectivity index (χ3n) is 4.94. The molecule has 0 unspecified atom stereocenters. The largest absolute Gasteiger partial charge is 0.497 e. The standard InChI is InChI=1S/C24H23ClN4O3S/c1-31-20-10-4-17(5-11-20)12-13-26-22(30)16-33-24-28-27-23(18-6-8-19(25)9-7-18)29(24)15-21-3-2-14-32-21/h2-11,14H,12-13,15-16H2,1H3,(H,26,30). The summed E-state index contributed by atoms with van der Waals surface area (Å²) >= 11 is 7.37. The van der Waals surface area contributed by atoms with Crippen molar-refractivity contribution in [2.24, 2.45) is 0 Å². The monoisotopic (exact) mass is 482 g/mol. The number of furan rings is 1. The molecule has 9 heteroatoms. The van der Waals surface area contributed by atoms with Gasteiger partial charge in [-0.15, -0.1) is 10.2 Å². The van der Waals surface area contributed by atoms with Crippen LogP contribution in [-0.2, 0) is 17.8 Å². The predicted octanol–water partition coefficient (Wildman–Crippen LogP) is 4.70. The highest BCUT2D eigenvalue weighted by molar-refractivity contribution is 7.99. The number of halogens is 1. The van der Waals surface area contributed by atoms with Crippen LogP contribution in [0, 0.1) is 0 Å². The molecule has 0 atom stereocenters. The number of thioether (sulfide) groups is 1. The van der Waals surface area contributed by atoms with E-state index in [1.807, 2.05) is 65.2 Å². The predicted molar refractivity (Wildman–Crippen MR) is 129 cm³/mol. The molecule has 7 nitrogen and oxygen atoms in total. The Morgan fingerprint density at radius 2 is 1.91 bits per heavy atom. The van der Waals surface area contributed by atoms with Crippen molar-refractivity contribution in [1.82, 2.24) is 20.1 Å². The van der Waals surface area contributed by atoms with Crippen LogP contribution >= 0.6 is 23.4 Å². The van der Waals surface area contributed by atoms with Gasteiger partial charge in [0.2, 0.25) is 5.91 Å². The number of carbonyl (C=O) groups is 1. The van der Waals surface area contributed by atoms with Crippen LogP contribution in [0.3, 0.4) is 0 Å². The fraction of sp³-hybridized carbons (Fsp3) is 0.208. The van der Waals surface area contributed by atoms with E-state index in [1.54, 1.807) is 13.4 Å². The van der Waals surface area contributed by atoms with Crippen molar-refractivity contribution < 1.29 is 13.9 Å². The molecular formula is C24H23ClN4O3S. The molecule has 0 radical (unpaired) electrons. The summed E-state index contributed by atoms with van der Waals surface area (Å²) in [6.45, 7) is 1.01. The molecule has 4 aromatic rings. The number of nitrogens with one attached hydrogen (secondary N) is 1. The average molecular weight is 483 g/mol. The fourth-order valence-corrected chi connectivity index (χ4v) is 4.12. The fourth-order valence-electron chi connectivity index (χ4n) is 3.23. The first-order valence-electron chi connectivity index (χ1n) is 10.4. The van der Waals surface area contributed by atoms with Gasteiger partial charge in [-0.2, -0.15) is 0 Å². The van der Waals surface area contributed by atoms with E-state index in [0.717, 1.165) is 29.1 Å². The summed E-state index contributed by atoms with van der Waals surface area (Å²) in [5, 5.41) is 12.9. The molecule has 0 aliphatic rings. The van der Waals surface area contributed by atoms with Crippen LogP contribution in [0.4, 0.5) is 0 Å². The summed E-state index contributed by atoms with van der Waals surface area (Å²) in [7, 11) is 1.64. The highest BCUT2D eigenvalue weighted by atomic mass is 35.5. The third-order valence-corrected chi connectivity index (χ3v) is 6.16. The molecule has 170 valence electrons. The van der Waals surface area contributed by atoms with Crippen molar-refractivity contribution in [2.75, 3.05) is 19.4 Å². The van der Waals surface area contributed by atoms with Gasteiger partial charge in [0.05, 0.1) is 25.7 Å². The first-order valence-corrected chi connectivity index (χ1v) is 11.7. The average Bonchev–Trinajstić information content (AvgIpc) is 3.49. The summed E-state index contributed by atoms with van der Waals surface area (Å²) in [6, 6.07) is 19.0. The zero-order valence-corrected chi connectivity index (χ0v) is 19.6. The molecule has 0 saturated carbocycles. The lowest BCUT2D eigenvalue weighted by Crippen LogP contribution is -2.27. The highest BCUT2D eigenvalue weighted by Gasteiger charge is 2.17. The smallest absolute Gasteiger partial charge is 0.230 e. The van der Waals surface area contributed by atoms with E-state index < -0.39 is 0 Å². The first-order chi connectivity index (χ1) is 16.1. The summed E-state index contributed by atoms with van der Waals surface area (Å²) in [4.78, 5) is 12.4. The second kappa shape index (κ2) is 11.1. The van der Waals surface area contributed by atoms with E-state index in [9.17, 15) is 4.79 Å². The van der Waals surface area contributed by atoms with Gasteiger partial charge in [-0.3, -0.25) is 9.36 Å². The Morgan fingerprint density at radius 1 is 1.12 bits per heavy atom. The van der Waals surface area contributed by atoms with Crippen molar-refractivity contribution in [3.05, 3.63) is 83.3 Å². The van der Waals surface area contributed by atoms with Crippen molar-refractivity contribution >= 4 is 29.3 Å². The summed E-state index contributed by atoms with van der Waals surface area (Å²) < 4.78 is 12.6. The molecule has 0 bridgehead atoms. The third kappa shape index (κ3) is 6.18. The zero-order chi connectivity index (χ0) is 23.0. The quantitative estimate of drug-likeness (QED) is 0.330. The number of rotatable bonds is 10. The van der Waals surface area contributed by atoms with Crippen LogP contribution in [0.2, 0.25) is 5.02 Å². The SMILES string of the molecule is COc1ccc(CCNC(=O)CSc2nnc(-c3ccc(Cl)cc3)n2Cc2ccco2)cc1. The Kier molecular flexibility index (Phi) is 7.70. The number of carbonyl (C=O) groups excluding carboxylic acids is 1. The number of methoxy groups -OCH3 is 1. The Labute approximate surface area is 201 Å². The Balaban J connectivity index is 1.38. The van der Waals surface area contributed by atoms with E-state index in [0.29, 0.717) is 29.1 Å². The maximum Gasteiger partial charge on any atom is 0.230 e. The number of ether oxygens (including phenoxy) is 1. The molecule has 1 N–H and O–H groups in total. The van der Waals surface area contributed by atoms with Gasteiger partial charge in [-0.1, -0.05) is 35.5 Å². The van der Waals surface area contributed by atoms with Crippen LogP contribution in [0.5, 0.6) is 5.75 Å². The second-order valence-corrected chi connectivity index (χ2v) is 8.59. The van der Waals surface area contributed by atoms with Crippen LogP contribution in [-0.4, -0.2) is 40.1 Å². The maximum absolute atomic E-state index is 12.4. The Hall–Kier alpha value is -3.23. The van der Waals surface area contributed by atoms with Gasteiger partial charge < -0.3 is 14.5 Å². The molecule has 2 aromatic heterocycles. The summed E-state index contributed by atoms with van der Waals surface area (Å²) in [5.74, 6) is 2.45. The lowest BCUT2D eigenvalue weighted by atomic mass is 10.1. The molecule has 2 aromatic carbocycles. The number of aromatic nitrogens is 3. The molecule has 0 spiro atoms. The molecule has 0 aliphatic heterocycles. The molecule has 0 fully saturated rings. The van der Waals surface area contributed by atoms with Crippen molar-refractivity contribution in [2.45, 2.75) is 18.1 Å². The molecular weight excluding hydrogens is 460 g/mol. The number of amides is 1. The number of hydrogen-bond donors (Lipinski definition) is 1. The van der Waals surface area contributed by atoms with Crippen LogP contribution in [0.15, 0.2) is 76.5 Å². The van der Waals surface area contributed by atoms with Crippen LogP contribution in [0.25, 0.3) is 11.4 Å². The van der Waals surface area contributed by atoms with E-state index >= 15 is 0 Å². The number of benzene rings is 2. The molecule has 4 rings (SSSR count). The molecule has 2 heterocycles. The Bertz CT molecular complexity index is 1180. The second-order valence-electron chi connectivity index (χ2n) is 7.22. The topological polar surface area (TPSA) is 82.2 Å². The molecule has 0 saturated heterocycles. The minimum atomic E-state index is -0.0610. The normalized spacial score (nSPS) is 10.8. The highest BCUT2D eigenvalue weighted by Crippen LogP contribution is 2.26. The van der Waals surface area contributed by atoms with Crippen molar-refractivity contribution in [3.63, 3.8) is 0 Å². The number of nitrogens with zero attached hydrogens (tertiary/aromatic N) is 3. The van der Waals surface area contributed by atoms with Crippen molar-refractivity contribution in [1.29, 1.82) is 0 Å². The van der Waals surface area contributed by atoms with Gasteiger partial charge in [-0.05, 0) is 60.5 Å². The Morgan fingerprint density at radius 3 is 2.61 bits per heavy atom. The van der Waals surface area contributed by atoms with Crippen LogP contribution in [0.1, 0.15) is 11.3 Å². The summed E-state index contributed by atoms with van der Waals surface area (Å²) in [6.07, 6.45) is 2.38. The van der Waals surface area contributed by atoms with Gasteiger partial charge in [-0.25, -0.2) is 0 Å². The van der Waals surface area contributed by atoms with Crippen molar-refractivity contribution in [3.8, 4) is 17.1 Å². The van der Waals surface area contributed by atoms with Gasteiger partial charge in [0, 0.05) is 17.1 Å². The lowest BCUT2D eigenvalue weighted by molar-refractivity contribution is -0.118.